The van der Waals surface area contributed by atoms with Gasteiger partial charge in [-0.15, -0.1) is 24.6 Å². The van der Waals surface area contributed by atoms with Crippen molar-refractivity contribution in [2.24, 2.45) is 11.8 Å². The summed E-state index contributed by atoms with van der Waals surface area (Å²) >= 11 is 0. The van der Waals surface area contributed by atoms with Crippen LogP contribution in [-0.4, -0.2) is 17.6 Å². The molecular weight excluding hydrogens is 441 g/mol. The Morgan fingerprint density at radius 1 is 0.647 bits per heavy atom. The molecular formula is C32H42Si2. The summed E-state index contributed by atoms with van der Waals surface area (Å²) in [5, 5.41) is 8.90. The smallest absolute Gasteiger partial charge is 0.0945 e. The second-order valence-electron chi connectivity index (χ2n) is 11.2. The highest BCUT2D eigenvalue weighted by Crippen LogP contribution is 2.30. The molecule has 0 saturated heterocycles. The van der Waals surface area contributed by atoms with Crippen molar-refractivity contribution in [1.82, 2.24) is 0 Å². The molecule has 0 aliphatic heterocycles. The van der Waals surface area contributed by atoms with E-state index in [0.29, 0.717) is 0 Å². The zero-order chi connectivity index (χ0) is 23.3. The van der Waals surface area contributed by atoms with Crippen LogP contribution in [0.15, 0.2) is 73.1 Å². The van der Waals surface area contributed by atoms with Crippen molar-refractivity contribution >= 4 is 49.5 Å². The maximum Gasteiger partial charge on any atom is 0.0945 e. The van der Waals surface area contributed by atoms with Gasteiger partial charge in [0.2, 0.25) is 0 Å². The lowest BCUT2D eigenvalue weighted by molar-refractivity contribution is 0.384. The number of benzene rings is 3. The Hall–Kier alpha value is -1.91. The summed E-state index contributed by atoms with van der Waals surface area (Å²) in [6.45, 7) is 8.62. The van der Waals surface area contributed by atoms with Crippen molar-refractivity contribution in [2.45, 2.75) is 76.3 Å². The molecule has 0 radical (unpaired) electrons. The van der Waals surface area contributed by atoms with Gasteiger partial charge in [-0.25, -0.2) is 0 Å². The van der Waals surface area contributed by atoms with Crippen LogP contribution in [0.1, 0.15) is 64.2 Å². The average Bonchev–Trinajstić information content (AvgIpc) is 2.90. The standard InChI is InChI=1S/C32H42Si2/c1-3-33(23-25-12-7-5-8-13-25)30-19-18-27-20-28-16-11-17-32(31(28)22-29(27)21-30)34(4-2)24-26-14-9-6-10-15-26/h3-4,11,16-22,25-26,33-34H,1-2,5-10,12-15,23-24H2. The Kier molecular flexibility index (Phi) is 7.86. The van der Waals surface area contributed by atoms with Crippen molar-refractivity contribution < 1.29 is 0 Å². The molecule has 2 unspecified atom stereocenters. The third-order valence-electron chi connectivity index (χ3n) is 8.92. The largest absolute Gasteiger partial charge is 0.107 e. The molecule has 3 aromatic rings. The normalized spacial score (nSPS) is 19.8. The first-order valence-electron chi connectivity index (χ1n) is 14.0. The second-order valence-corrected chi connectivity index (χ2v) is 16.8. The van der Waals surface area contributed by atoms with E-state index in [4.69, 9.17) is 0 Å². The highest BCUT2D eigenvalue weighted by molar-refractivity contribution is 6.80. The van der Waals surface area contributed by atoms with Crippen LogP contribution in [-0.2, 0) is 0 Å². The Labute approximate surface area is 210 Å². The fraction of sp³-hybridized carbons (Fsp3) is 0.438. The first kappa shape index (κ1) is 23.8. The molecule has 0 bridgehead atoms. The molecule has 0 nitrogen and oxygen atoms in total. The van der Waals surface area contributed by atoms with Gasteiger partial charge in [-0.3, -0.25) is 0 Å². The lowest BCUT2D eigenvalue weighted by Gasteiger charge is -2.25. The molecule has 2 aliphatic carbocycles. The molecule has 0 N–H and O–H groups in total. The van der Waals surface area contributed by atoms with Gasteiger partial charge in [-0.1, -0.05) is 111 Å². The van der Waals surface area contributed by atoms with E-state index in [0.717, 1.165) is 11.8 Å². The van der Waals surface area contributed by atoms with Crippen molar-refractivity contribution in [3.63, 3.8) is 0 Å². The number of fused-ring (bicyclic) bond motifs is 2. The first-order valence-corrected chi connectivity index (χ1v) is 18.1. The zero-order valence-corrected chi connectivity index (χ0v) is 23.3. The van der Waals surface area contributed by atoms with E-state index in [2.05, 4.69) is 73.1 Å². The summed E-state index contributed by atoms with van der Waals surface area (Å²) in [4.78, 5) is 0. The minimum atomic E-state index is -1.18. The van der Waals surface area contributed by atoms with Crippen LogP contribution < -0.4 is 10.4 Å². The lowest BCUT2D eigenvalue weighted by atomic mass is 9.91. The van der Waals surface area contributed by atoms with Crippen molar-refractivity contribution in [3.8, 4) is 0 Å². The topological polar surface area (TPSA) is 0 Å². The average molecular weight is 483 g/mol. The molecule has 0 spiro atoms. The molecule has 2 fully saturated rings. The van der Waals surface area contributed by atoms with E-state index in [1.54, 1.807) is 10.4 Å². The van der Waals surface area contributed by atoms with Gasteiger partial charge in [-0.05, 0) is 57.6 Å². The molecule has 0 aromatic heterocycles. The second kappa shape index (κ2) is 11.2. The zero-order valence-electron chi connectivity index (χ0n) is 21.0. The molecule has 0 heterocycles. The summed E-state index contributed by atoms with van der Waals surface area (Å²) in [6, 6.07) is 22.1. The lowest BCUT2D eigenvalue weighted by Crippen LogP contribution is -2.32. The van der Waals surface area contributed by atoms with E-state index < -0.39 is 17.6 Å². The molecule has 0 amide bonds. The van der Waals surface area contributed by atoms with Crippen molar-refractivity contribution in [1.29, 1.82) is 0 Å². The monoisotopic (exact) mass is 482 g/mol. The van der Waals surface area contributed by atoms with E-state index in [1.165, 1.54) is 97.8 Å². The van der Waals surface area contributed by atoms with Gasteiger partial charge in [0.15, 0.2) is 0 Å². The minimum absolute atomic E-state index is 0.921. The predicted molar refractivity (Wildman–Crippen MR) is 158 cm³/mol. The van der Waals surface area contributed by atoms with Crippen molar-refractivity contribution in [2.75, 3.05) is 0 Å². The highest BCUT2D eigenvalue weighted by atomic mass is 28.3. The fourth-order valence-electron chi connectivity index (χ4n) is 6.90. The van der Waals surface area contributed by atoms with Crippen LogP contribution in [0, 0.1) is 11.8 Å². The summed E-state index contributed by atoms with van der Waals surface area (Å²) in [5.74, 6) is 1.85. The minimum Gasteiger partial charge on any atom is -0.107 e. The van der Waals surface area contributed by atoms with E-state index in [9.17, 15) is 0 Å². The Balaban J connectivity index is 1.47. The maximum absolute atomic E-state index is 4.33. The van der Waals surface area contributed by atoms with Gasteiger partial charge in [0, 0.05) is 0 Å². The molecule has 2 heteroatoms. The van der Waals surface area contributed by atoms with E-state index in [1.807, 2.05) is 0 Å². The number of rotatable bonds is 8. The Bertz CT molecular complexity index is 1130. The van der Waals surface area contributed by atoms with Crippen LogP contribution in [0.3, 0.4) is 0 Å². The molecule has 3 aromatic carbocycles. The van der Waals surface area contributed by atoms with Gasteiger partial charge >= 0.3 is 0 Å². The fourth-order valence-corrected chi connectivity index (χ4v) is 12.5. The van der Waals surface area contributed by atoms with Crippen LogP contribution in [0.2, 0.25) is 12.1 Å². The third-order valence-corrected chi connectivity index (χ3v) is 14.9. The Morgan fingerprint density at radius 2 is 1.29 bits per heavy atom. The first-order chi connectivity index (χ1) is 16.7. The van der Waals surface area contributed by atoms with E-state index >= 15 is 0 Å². The summed E-state index contributed by atoms with van der Waals surface area (Å²) in [6.07, 6.45) is 14.4. The molecule has 34 heavy (non-hydrogen) atoms. The molecule has 5 rings (SSSR count). The Morgan fingerprint density at radius 3 is 1.94 bits per heavy atom. The SMILES string of the molecule is C=C[SiH](CC1CCCCC1)c1ccc2cc3cccc([SiH](C=C)CC4CCCCC4)c3cc2c1. The van der Waals surface area contributed by atoms with Crippen LogP contribution in [0.25, 0.3) is 21.5 Å². The van der Waals surface area contributed by atoms with Gasteiger partial charge in [0.25, 0.3) is 0 Å². The highest BCUT2D eigenvalue weighted by Gasteiger charge is 2.22. The maximum atomic E-state index is 4.33. The van der Waals surface area contributed by atoms with Gasteiger partial charge in [0.1, 0.15) is 0 Å². The van der Waals surface area contributed by atoms with Gasteiger partial charge in [-0.2, -0.15) is 0 Å². The summed E-state index contributed by atoms with van der Waals surface area (Å²) in [7, 11) is -2.30. The quantitative estimate of drug-likeness (QED) is 0.231. The molecule has 178 valence electrons. The van der Waals surface area contributed by atoms with Crippen LogP contribution in [0.4, 0.5) is 0 Å². The predicted octanol–water partition coefficient (Wildman–Crippen LogP) is 7.47. The van der Waals surface area contributed by atoms with Gasteiger partial charge < -0.3 is 0 Å². The molecule has 2 aliphatic rings. The molecule has 2 saturated carbocycles. The van der Waals surface area contributed by atoms with Gasteiger partial charge in [0.05, 0.1) is 17.6 Å². The molecule has 2 atom stereocenters. The van der Waals surface area contributed by atoms with Crippen LogP contribution >= 0.6 is 0 Å². The summed E-state index contributed by atoms with van der Waals surface area (Å²) in [5.41, 5.74) is 4.70. The number of hydrogen-bond donors (Lipinski definition) is 0. The van der Waals surface area contributed by atoms with Crippen LogP contribution in [0.5, 0.6) is 0 Å². The summed E-state index contributed by atoms with van der Waals surface area (Å²) < 4.78 is 0. The van der Waals surface area contributed by atoms with Crippen molar-refractivity contribution in [3.05, 3.63) is 73.1 Å². The van der Waals surface area contributed by atoms with E-state index in [-0.39, 0.29) is 0 Å². The third kappa shape index (κ3) is 5.34. The number of hydrogen-bond acceptors (Lipinski definition) is 0.